The molecule has 0 saturated heterocycles. The summed E-state index contributed by atoms with van der Waals surface area (Å²) in [5.41, 5.74) is -2.66. The van der Waals surface area contributed by atoms with Crippen LogP contribution in [0.4, 0.5) is 52.7 Å². The first kappa shape index (κ1) is 31.3. The molecule has 0 unspecified atom stereocenters. The number of hydrogen-bond donors (Lipinski definition) is 0. The molecule has 0 atom stereocenters. The summed E-state index contributed by atoms with van der Waals surface area (Å²) in [5, 5.41) is 0. The van der Waals surface area contributed by atoms with Crippen molar-refractivity contribution in [2.24, 2.45) is 0 Å². The normalized spacial score (nSPS) is 12.7. The molecule has 1 aromatic heterocycles. The van der Waals surface area contributed by atoms with Crippen LogP contribution >= 0.6 is 0 Å². The number of pyridine rings is 1. The van der Waals surface area contributed by atoms with Crippen molar-refractivity contribution in [1.29, 1.82) is 0 Å². The third-order valence-electron chi connectivity index (χ3n) is 5.45. The van der Waals surface area contributed by atoms with Crippen LogP contribution in [0.1, 0.15) is 5.69 Å². The molecule has 1 heterocycles. The number of alkyl halides is 12. The van der Waals surface area contributed by atoms with Crippen molar-refractivity contribution < 1.29 is 66.9 Å². The van der Waals surface area contributed by atoms with Crippen LogP contribution in [-0.2, 0) is 6.18 Å². The van der Waals surface area contributed by atoms with Crippen molar-refractivity contribution >= 4 is 0 Å². The lowest BCUT2D eigenvalue weighted by molar-refractivity contribution is -0.275. The summed E-state index contributed by atoms with van der Waals surface area (Å²) in [7, 11) is 0. The summed E-state index contributed by atoms with van der Waals surface area (Å²) in [5.74, 6) is -2.09. The number of halogens is 12. The molecular weight excluding hydrogens is 614 g/mol. The average Bonchev–Trinajstić information content (AvgIpc) is 2.86. The highest BCUT2D eigenvalue weighted by molar-refractivity contribution is 5.93. The number of rotatable bonds is 6. The van der Waals surface area contributed by atoms with Crippen LogP contribution in [0.3, 0.4) is 0 Å². The quantitative estimate of drug-likeness (QED) is 0.200. The SMILES string of the molecule is FC(F)(F)Oc1ccc(-c2cc(C(F)(F)F)nc(-c3ccc(OC(F)(F)F)cc3)c2-c2ccc(OC(F)(F)F)cc2)cc1. The summed E-state index contributed by atoms with van der Waals surface area (Å²) in [6, 6.07) is 11.6. The molecule has 16 heteroatoms. The molecule has 0 N–H and O–H groups in total. The molecule has 0 fully saturated rings. The van der Waals surface area contributed by atoms with E-state index < -0.39 is 53.9 Å². The van der Waals surface area contributed by atoms with Crippen molar-refractivity contribution in [2.75, 3.05) is 0 Å². The Bertz CT molecular complexity index is 1480. The third-order valence-corrected chi connectivity index (χ3v) is 5.45. The van der Waals surface area contributed by atoms with Crippen LogP contribution in [0.2, 0.25) is 0 Å². The van der Waals surface area contributed by atoms with Gasteiger partial charge in [-0.05, 0) is 71.3 Å². The van der Waals surface area contributed by atoms with Gasteiger partial charge >= 0.3 is 25.3 Å². The molecule has 0 aliphatic heterocycles. The molecule has 43 heavy (non-hydrogen) atoms. The first-order valence-electron chi connectivity index (χ1n) is 11.5. The predicted molar refractivity (Wildman–Crippen MR) is 126 cm³/mol. The Morgan fingerprint density at radius 2 is 0.791 bits per heavy atom. The van der Waals surface area contributed by atoms with Crippen LogP contribution in [0.15, 0.2) is 78.9 Å². The van der Waals surface area contributed by atoms with Gasteiger partial charge < -0.3 is 14.2 Å². The van der Waals surface area contributed by atoms with Crippen molar-refractivity contribution in [3.8, 4) is 50.8 Å². The van der Waals surface area contributed by atoms with Crippen molar-refractivity contribution in [3.63, 3.8) is 0 Å². The highest BCUT2D eigenvalue weighted by Gasteiger charge is 2.36. The van der Waals surface area contributed by atoms with E-state index in [-0.39, 0.29) is 27.8 Å². The molecular formula is C27H13F12NO3. The summed E-state index contributed by atoms with van der Waals surface area (Å²) < 4.78 is 167. The maximum absolute atomic E-state index is 13.9. The fraction of sp³-hybridized carbons (Fsp3) is 0.148. The lowest BCUT2D eigenvalue weighted by Crippen LogP contribution is -2.17. The van der Waals surface area contributed by atoms with E-state index in [1.807, 2.05) is 0 Å². The first-order chi connectivity index (χ1) is 19.8. The van der Waals surface area contributed by atoms with Gasteiger partial charge in [0.15, 0.2) is 0 Å². The molecule has 0 aliphatic rings. The second kappa shape index (κ2) is 11.2. The van der Waals surface area contributed by atoms with Gasteiger partial charge in [-0.3, -0.25) is 0 Å². The Kier molecular flexibility index (Phi) is 8.17. The van der Waals surface area contributed by atoms with Gasteiger partial charge in [0.2, 0.25) is 0 Å². The highest BCUT2D eigenvalue weighted by atomic mass is 19.4. The lowest BCUT2D eigenvalue weighted by Gasteiger charge is -2.19. The van der Waals surface area contributed by atoms with E-state index in [1.165, 1.54) is 0 Å². The molecule has 4 nitrogen and oxygen atoms in total. The molecule has 4 aromatic rings. The van der Waals surface area contributed by atoms with E-state index in [9.17, 15) is 52.7 Å². The minimum atomic E-state index is -5.08. The topological polar surface area (TPSA) is 40.6 Å². The van der Waals surface area contributed by atoms with Crippen molar-refractivity contribution in [1.82, 2.24) is 4.98 Å². The molecule has 3 aromatic carbocycles. The van der Waals surface area contributed by atoms with Gasteiger partial charge in [0.05, 0.1) is 5.69 Å². The van der Waals surface area contributed by atoms with E-state index >= 15 is 0 Å². The fourth-order valence-electron chi connectivity index (χ4n) is 3.89. The number of aromatic nitrogens is 1. The number of ether oxygens (including phenoxy) is 3. The second-order valence-corrected chi connectivity index (χ2v) is 8.49. The van der Waals surface area contributed by atoms with E-state index in [2.05, 4.69) is 19.2 Å². The summed E-state index contributed by atoms with van der Waals surface area (Å²) in [4.78, 5) is 3.66. The Morgan fingerprint density at radius 1 is 0.442 bits per heavy atom. The van der Waals surface area contributed by atoms with Gasteiger partial charge in [0, 0.05) is 11.1 Å². The number of hydrogen-bond acceptors (Lipinski definition) is 4. The maximum atomic E-state index is 13.9. The van der Waals surface area contributed by atoms with Gasteiger partial charge in [0.25, 0.3) is 0 Å². The molecule has 0 spiro atoms. The molecule has 0 radical (unpaired) electrons. The van der Waals surface area contributed by atoms with Crippen LogP contribution in [0.5, 0.6) is 17.2 Å². The van der Waals surface area contributed by atoms with Crippen LogP contribution in [0.25, 0.3) is 33.5 Å². The zero-order chi connectivity index (χ0) is 31.8. The van der Waals surface area contributed by atoms with Crippen LogP contribution < -0.4 is 14.2 Å². The maximum Gasteiger partial charge on any atom is 0.573 e. The Balaban J connectivity index is 1.95. The van der Waals surface area contributed by atoms with Crippen molar-refractivity contribution in [3.05, 3.63) is 84.6 Å². The highest BCUT2D eigenvalue weighted by Crippen LogP contribution is 2.44. The largest absolute Gasteiger partial charge is 0.573 e. The molecule has 4 rings (SSSR count). The monoisotopic (exact) mass is 627 g/mol. The Hall–Kier alpha value is -4.63. The summed E-state index contributed by atoms with van der Waals surface area (Å²) in [6.45, 7) is 0. The van der Waals surface area contributed by atoms with E-state index in [1.54, 1.807) is 0 Å². The minimum absolute atomic E-state index is 0.0213. The second-order valence-electron chi connectivity index (χ2n) is 8.49. The van der Waals surface area contributed by atoms with Gasteiger partial charge in [-0.1, -0.05) is 24.3 Å². The Labute approximate surface area is 233 Å². The average molecular weight is 627 g/mol. The molecule has 228 valence electrons. The van der Waals surface area contributed by atoms with Crippen LogP contribution in [0, 0.1) is 0 Å². The number of benzene rings is 3. The van der Waals surface area contributed by atoms with Gasteiger partial charge in [-0.25, -0.2) is 4.98 Å². The minimum Gasteiger partial charge on any atom is -0.406 e. The molecule has 0 saturated carbocycles. The Morgan fingerprint density at radius 3 is 1.14 bits per heavy atom. The van der Waals surface area contributed by atoms with Gasteiger partial charge in [0.1, 0.15) is 22.9 Å². The van der Waals surface area contributed by atoms with Crippen molar-refractivity contribution in [2.45, 2.75) is 25.3 Å². The predicted octanol–water partition coefficient (Wildman–Crippen LogP) is 9.80. The zero-order valence-corrected chi connectivity index (χ0v) is 20.7. The molecule has 0 aliphatic carbocycles. The third kappa shape index (κ3) is 8.45. The van der Waals surface area contributed by atoms with Gasteiger partial charge in [-0.15, -0.1) is 39.5 Å². The zero-order valence-electron chi connectivity index (χ0n) is 20.7. The van der Waals surface area contributed by atoms with E-state index in [4.69, 9.17) is 0 Å². The summed E-state index contributed by atoms with van der Waals surface area (Å²) in [6.07, 6.45) is -20.3. The van der Waals surface area contributed by atoms with Crippen LogP contribution in [-0.4, -0.2) is 24.1 Å². The summed E-state index contributed by atoms with van der Waals surface area (Å²) >= 11 is 0. The molecule has 0 bridgehead atoms. The fourth-order valence-corrected chi connectivity index (χ4v) is 3.89. The lowest BCUT2D eigenvalue weighted by atomic mass is 9.90. The van der Waals surface area contributed by atoms with E-state index in [0.29, 0.717) is 6.07 Å². The number of nitrogens with zero attached hydrogens (tertiary/aromatic N) is 1. The molecule has 0 amide bonds. The van der Waals surface area contributed by atoms with Gasteiger partial charge in [-0.2, -0.15) is 13.2 Å². The standard InChI is InChI=1S/C27H13F12NO3/c28-24(29,30)21-13-20(14-1-7-17(8-2-14)41-25(31,32)33)22(15-3-9-18(10-4-15)42-26(34,35)36)23(40-21)16-5-11-19(12-6-16)43-27(37,38)39/h1-13H. The van der Waals surface area contributed by atoms with E-state index in [0.717, 1.165) is 72.8 Å². The first-order valence-corrected chi connectivity index (χ1v) is 11.5. The smallest absolute Gasteiger partial charge is 0.406 e.